The molecule has 0 amide bonds. The summed E-state index contributed by atoms with van der Waals surface area (Å²) in [4.78, 5) is 0. The molecule has 0 fully saturated rings. The smallest absolute Gasteiger partial charge is 0.192 e. The molecule has 0 N–H and O–H groups in total. The SMILES string of the molecule is [N]C(F)(F)C(F)(F)C(F)(F)C(F)(F)C(F)(F)C(F)(F)C(F)(F)C(F)(F)C(F)(F)F. The van der Waals surface area contributed by atoms with Gasteiger partial charge in [-0.25, -0.2) is 0 Å². The van der Waals surface area contributed by atoms with Crippen molar-refractivity contribution in [1.29, 1.82) is 0 Å². The zero-order valence-corrected chi connectivity index (χ0v) is 12.1. The topological polar surface area (TPSA) is 22.3 Å². The van der Waals surface area contributed by atoms with E-state index in [0.29, 0.717) is 0 Å². The van der Waals surface area contributed by atoms with Crippen molar-refractivity contribution in [3.63, 3.8) is 0 Å². The Balaban J connectivity index is 6.82. The number of hydrogen-bond donors (Lipinski definition) is 0. The second-order valence-corrected chi connectivity index (χ2v) is 5.06. The minimum absolute atomic E-state index is 7.36. The first-order valence-corrected chi connectivity index (χ1v) is 5.81. The largest absolute Gasteiger partial charge is 0.460 e. The van der Waals surface area contributed by atoms with Gasteiger partial charge in [0.15, 0.2) is 0 Å². The summed E-state index contributed by atoms with van der Waals surface area (Å²) >= 11 is 0. The molecule has 0 aliphatic rings. The zero-order valence-electron chi connectivity index (χ0n) is 12.1. The van der Waals surface area contributed by atoms with Crippen LogP contribution in [0.1, 0.15) is 0 Å². The van der Waals surface area contributed by atoms with Crippen LogP contribution in [0.25, 0.3) is 0 Å². The quantitative estimate of drug-likeness (QED) is 0.330. The molecule has 0 saturated heterocycles. The molecule has 174 valence electrons. The molecule has 0 aliphatic heterocycles. The van der Waals surface area contributed by atoms with Crippen molar-refractivity contribution in [3.05, 3.63) is 0 Å². The van der Waals surface area contributed by atoms with Crippen LogP contribution < -0.4 is 5.73 Å². The molecule has 0 aliphatic carbocycles. The number of rotatable bonds is 7. The Morgan fingerprint density at radius 3 is 0.621 bits per heavy atom. The second kappa shape index (κ2) is 6.32. The zero-order chi connectivity index (χ0) is 24.5. The van der Waals surface area contributed by atoms with Gasteiger partial charge in [0.1, 0.15) is 0 Å². The molecule has 0 heterocycles. The lowest BCUT2D eigenvalue weighted by Crippen LogP contribution is -2.75. The monoisotopic (exact) mass is 483 g/mol. The van der Waals surface area contributed by atoms with E-state index in [9.17, 15) is 83.4 Å². The maximum atomic E-state index is 13.0. The highest BCUT2D eigenvalue weighted by Gasteiger charge is 2.96. The average Bonchev–Trinajstić information content (AvgIpc) is 2.43. The first kappa shape index (κ1) is 27.6. The van der Waals surface area contributed by atoms with Gasteiger partial charge in [-0.05, 0) is 0 Å². The van der Waals surface area contributed by atoms with Crippen molar-refractivity contribution in [2.45, 2.75) is 53.7 Å². The van der Waals surface area contributed by atoms with Gasteiger partial charge in [-0.3, -0.25) is 0 Å². The maximum absolute atomic E-state index is 13.0. The van der Waals surface area contributed by atoms with Crippen LogP contribution in [0, 0.1) is 0 Å². The third-order valence-corrected chi connectivity index (χ3v) is 3.10. The third kappa shape index (κ3) is 3.24. The van der Waals surface area contributed by atoms with Crippen molar-refractivity contribution in [2.24, 2.45) is 0 Å². The summed E-state index contributed by atoms with van der Waals surface area (Å²) in [7, 11) is 0. The molecule has 1 nitrogen and oxygen atoms in total. The molecule has 0 aromatic carbocycles. The number of alkyl halides is 19. The highest BCUT2D eigenvalue weighted by molar-refractivity contribution is 5.16. The van der Waals surface area contributed by atoms with Crippen LogP contribution in [-0.4, -0.2) is 53.7 Å². The Hall–Kier alpha value is -1.37. The lowest BCUT2D eigenvalue weighted by Gasteiger charge is -2.43. The summed E-state index contributed by atoms with van der Waals surface area (Å²) in [5.74, 6) is -60.6. The minimum Gasteiger partial charge on any atom is -0.192 e. The summed E-state index contributed by atoms with van der Waals surface area (Å²) in [6.45, 7) is 0. The summed E-state index contributed by atoms with van der Waals surface area (Å²) in [5, 5.41) is 0. The van der Waals surface area contributed by atoms with Crippen molar-refractivity contribution in [1.82, 2.24) is 5.73 Å². The lowest BCUT2D eigenvalue weighted by molar-refractivity contribution is -0.468. The molecule has 0 rings (SSSR count). The van der Waals surface area contributed by atoms with E-state index in [4.69, 9.17) is 5.73 Å². The predicted molar refractivity (Wildman–Crippen MR) is 47.8 cm³/mol. The molecule has 0 unspecified atom stereocenters. The van der Waals surface area contributed by atoms with Gasteiger partial charge in [0, 0.05) is 0 Å². The molecule has 29 heavy (non-hydrogen) atoms. The average molecular weight is 483 g/mol. The van der Waals surface area contributed by atoms with Gasteiger partial charge in [-0.1, -0.05) is 5.73 Å². The summed E-state index contributed by atoms with van der Waals surface area (Å²) < 4.78 is 238. The molecule has 0 saturated carbocycles. The van der Waals surface area contributed by atoms with Gasteiger partial charge in [0.05, 0.1) is 0 Å². The van der Waals surface area contributed by atoms with E-state index >= 15 is 0 Å². The Morgan fingerprint density at radius 2 is 0.448 bits per heavy atom. The van der Waals surface area contributed by atoms with Crippen molar-refractivity contribution in [3.8, 4) is 0 Å². The van der Waals surface area contributed by atoms with Gasteiger partial charge in [-0.2, -0.15) is 83.4 Å². The first-order valence-electron chi connectivity index (χ1n) is 5.81. The lowest BCUT2D eigenvalue weighted by atomic mass is 9.88. The van der Waals surface area contributed by atoms with Crippen LogP contribution in [0.5, 0.6) is 0 Å². The third-order valence-electron chi connectivity index (χ3n) is 3.10. The first-order chi connectivity index (χ1) is 12.0. The van der Waals surface area contributed by atoms with Crippen LogP contribution in [0.2, 0.25) is 0 Å². The number of hydrogen-bond acceptors (Lipinski definition) is 0. The van der Waals surface area contributed by atoms with E-state index in [2.05, 4.69) is 0 Å². The van der Waals surface area contributed by atoms with Gasteiger partial charge >= 0.3 is 53.7 Å². The van der Waals surface area contributed by atoms with E-state index in [0.717, 1.165) is 0 Å². The number of nitrogens with zero attached hydrogens (tertiary/aromatic N) is 1. The van der Waals surface area contributed by atoms with Crippen molar-refractivity contribution in [2.75, 3.05) is 0 Å². The van der Waals surface area contributed by atoms with Gasteiger partial charge in [0.25, 0.3) is 0 Å². The summed E-state index contributed by atoms with van der Waals surface area (Å²) in [6, 6.07) is -7.43. The Bertz CT molecular complexity index is 554. The van der Waals surface area contributed by atoms with E-state index in [1.807, 2.05) is 0 Å². The molecule has 0 aromatic heterocycles. The minimum atomic E-state index is -8.96. The second-order valence-electron chi connectivity index (χ2n) is 5.06. The fourth-order valence-electron chi connectivity index (χ4n) is 1.35. The molecular formula is C9F19N. The number of halogens is 19. The molecule has 0 atom stereocenters. The van der Waals surface area contributed by atoms with E-state index < -0.39 is 53.7 Å². The van der Waals surface area contributed by atoms with E-state index in [1.54, 1.807) is 0 Å². The summed E-state index contributed by atoms with van der Waals surface area (Å²) in [6.07, 6.45) is -7.91. The van der Waals surface area contributed by atoms with Gasteiger partial charge in [-0.15, -0.1) is 0 Å². The van der Waals surface area contributed by atoms with Crippen LogP contribution in [0.4, 0.5) is 83.4 Å². The molecule has 2 radical (unpaired) electrons. The Morgan fingerprint density at radius 1 is 0.276 bits per heavy atom. The Kier molecular flexibility index (Phi) is 6.02. The highest BCUT2D eigenvalue weighted by Crippen LogP contribution is 2.64. The van der Waals surface area contributed by atoms with Gasteiger partial charge < -0.3 is 0 Å². The molecule has 0 bridgehead atoms. The van der Waals surface area contributed by atoms with Crippen LogP contribution in [-0.2, 0) is 0 Å². The van der Waals surface area contributed by atoms with Crippen molar-refractivity contribution < 1.29 is 83.4 Å². The van der Waals surface area contributed by atoms with Crippen molar-refractivity contribution >= 4 is 0 Å². The standard InChI is InChI=1S/C9F19N/c10-1(11,2(12,13)4(16,17)6(20,21)8(24,25)26)3(14,15)5(18,19)7(22,23)9(27,28)29. The van der Waals surface area contributed by atoms with Crippen LogP contribution >= 0.6 is 0 Å². The van der Waals surface area contributed by atoms with Gasteiger partial charge in [0.2, 0.25) is 0 Å². The maximum Gasteiger partial charge on any atom is 0.460 e. The summed E-state index contributed by atoms with van der Waals surface area (Å²) in [5.41, 5.74) is 7.36. The predicted octanol–water partition coefficient (Wildman–Crippen LogP) is 5.66. The fraction of sp³-hybridized carbons (Fsp3) is 1.00. The highest BCUT2D eigenvalue weighted by atomic mass is 19.4. The molecule has 0 spiro atoms. The molecule has 0 aromatic rings. The van der Waals surface area contributed by atoms with Crippen LogP contribution in [0.3, 0.4) is 0 Å². The Labute approximate surface area is 144 Å². The fourth-order valence-corrected chi connectivity index (χ4v) is 1.35. The molecule has 20 heteroatoms. The van der Waals surface area contributed by atoms with Crippen LogP contribution in [0.15, 0.2) is 0 Å². The van der Waals surface area contributed by atoms with E-state index in [1.165, 1.54) is 0 Å². The molecular weight excluding hydrogens is 483 g/mol. The normalized spacial score (nSPS) is 17.0. The van der Waals surface area contributed by atoms with E-state index in [-0.39, 0.29) is 0 Å².